The van der Waals surface area contributed by atoms with Gasteiger partial charge in [0.05, 0.1) is 45.1 Å². The smallest absolute Gasteiger partial charge is 0.294 e. The topological polar surface area (TPSA) is 185 Å². The van der Waals surface area contributed by atoms with Gasteiger partial charge < -0.3 is 19.4 Å². The summed E-state index contributed by atoms with van der Waals surface area (Å²) in [4.78, 5) is 14.6. The summed E-state index contributed by atoms with van der Waals surface area (Å²) < 4.78 is 73.6. The Bertz CT molecular complexity index is 2160. The Hall–Kier alpha value is -4.76. The van der Waals surface area contributed by atoms with Gasteiger partial charge >= 0.3 is 0 Å². The molecule has 2 aromatic heterocycles. The number of benzene rings is 4. The number of aromatic nitrogens is 4. The molecule has 0 saturated heterocycles. The van der Waals surface area contributed by atoms with Crippen molar-refractivity contribution in [3.05, 3.63) is 84.9 Å². The lowest BCUT2D eigenvalue weighted by Crippen LogP contribution is -1.97. The number of imidazole rings is 2. The Morgan fingerprint density at radius 1 is 0.614 bits per heavy atom. The van der Waals surface area contributed by atoms with Crippen molar-refractivity contribution in [1.82, 2.24) is 19.9 Å². The third kappa shape index (κ3) is 7.06. The lowest BCUT2D eigenvalue weighted by atomic mass is 10.2. The number of nitrogens with zero attached hydrogens (tertiary/aromatic N) is 2. The summed E-state index contributed by atoms with van der Waals surface area (Å²) in [6, 6.07) is 23.3. The van der Waals surface area contributed by atoms with Gasteiger partial charge in [-0.05, 0) is 86.6 Å². The summed E-state index contributed by atoms with van der Waals surface area (Å²) in [6.45, 7) is 4.99. The van der Waals surface area contributed by atoms with Crippen LogP contribution in [0.4, 0.5) is 0 Å². The molecule has 0 unspecified atom stereocenters. The molecule has 6 rings (SSSR count). The first kappa shape index (κ1) is 30.7. The molecule has 12 nitrogen and oxygen atoms in total. The van der Waals surface area contributed by atoms with Crippen LogP contribution in [0, 0.1) is 0 Å². The van der Waals surface area contributed by atoms with Crippen molar-refractivity contribution in [3.8, 4) is 34.3 Å². The predicted molar refractivity (Wildman–Crippen MR) is 165 cm³/mol. The molecule has 0 radical (unpaired) electrons. The van der Waals surface area contributed by atoms with Crippen LogP contribution < -0.4 is 9.47 Å². The third-order valence-corrected chi connectivity index (χ3v) is 8.06. The average Bonchev–Trinajstić information content (AvgIpc) is 3.61. The average molecular weight is 637 g/mol. The van der Waals surface area contributed by atoms with E-state index in [9.17, 15) is 16.8 Å². The van der Waals surface area contributed by atoms with Crippen LogP contribution >= 0.6 is 0 Å². The highest BCUT2D eigenvalue weighted by Gasteiger charge is 2.14. The zero-order valence-corrected chi connectivity index (χ0v) is 25.2. The maximum absolute atomic E-state index is 11.2. The number of H-pyrrole nitrogens is 2. The third-order valence-electron chi connectivity index (χ3n) is 6.36. The highest BCUT2D eigenvalue weighted by molar-refractivity contribution is 7.86. The quantitative estimate of drug-likeness (QED) is 0.150. The van der Waals surface area contributed by atoms with Gasteiger partial charge in [-0.1, -0.05) is 12.1 Å². The van der Waals surface area contributed by atoms with E-state index in [-0.39, 0.29) is 9.79 Å². The minimum Gasteiger partial charge on any atom is -0.494 e. The minimum atomic E-state index is -4.24. The highest BCUT2D eigenvalue weighted by atomic mass is 32.2. The maximum Gasteiger partial charge on any atom is 0.294 e. The first-order valence-corrected chi connectivity index (χ1v) is 16.2. The van der Waals surface area contributed by atoms with Crippen molar-refractivity contribution in [3.63, 3.8) is 0 Å². The standard InChI is InChI=1S/2C15H14N2O4S/c1-2-21-11-5-3-10(4-6-11)15-16-13-8-7-12(22(18,19)20)9-14(13)17-15;1-2-21-11-5-3-4-10(8-11)15-16-13-7-6-12(22(18,19)20)9-14(13)17-15/h2*3-9H,2H2,1H3,(H,16,17)(H,18,19,20). The molecule has 0 fully saturated rings. The van der Waals surface area contributed by atoms with Crippen molar-refractivity contribution < 1.29 is 35.4 Å². The summed E-state index contributed by atoms with van der Waals surface area (Å²) in [5.74, 6) is 2.73. The Balaban J connectivity index is 0.000000175. The summed E-state index contributed by atoms with van der Waals surface area (Å²) in [5.41, 5.74) is 4.00. The van der Waals surface area contributed by atoms with Crippen molar-refractivity contribution >= 4 is 42.3 Å². The van der Waals surface area contributed by atoms with Gasteiger partial charge in [-0.2, -0.15) is 16.8 Å². The van der Waals surface area contributed by atoms with E-state index in [2.05, 4.69) is 19.9 Å². The molecule has 6 aromatic rings. The van der Waals surface area contributed by atoms with E-state index in [4.69, 9.17) is 18.6 Å². The van der Waals surface area contributed by atoms with Gasteiger partial charge in [0, 0.05) is 11.1 Å². The minimum absolute atomic E-state index is 0.176. The molecule has 0 spiro atoms. The zero-order valence-electron chi connectivity index (χ0n) is 23.6. The summed E-state index contributed by atoms with van der Waals surface area (Å²) in [5, 5.41) is 0. The molecule has 44 heavy (non-hydrogen) atoms. The van der Waals surface area contributed by atoms with Gasteiger partial charge in [0.15, 0.2) is 0 Å². The molecule has 14 heteroatoms. The van der Waals surface area contributed by atoms with Crippen molar-refractivity contribution in [1.29, 1.82) is 0 Å². The normalized spacial score (nSPS) is 11.7. The summed E-state index contributed by atoms with van der Waals surface area (Å²) >= 11 is 0. The molecular formula is C30H28N4O8S2. The van der Waals surface area contributed by atoms with Gasteiger partial charge in [-0.3, -0.25) is 9.11 Å². The second-order valence-corrected chi connectivity index (χ2v) is 12.2. The SMILES string of the molecule is CCOc1ccc(-c2nc3cc(S(=O)(=O)O)ccc3[nH]2)cc1.CCOc1cccc(-c2nc3cc(S(=O)(=O)O)ccc3[nH]2)c1. The number of hydrogen-bond acceptors (Lipinski definition) is 8. The van der Waals surface area contributed by atoms with Crippen LogP contribution in [0.5, 0.6) is 11.5 Å². The Labute approximate surface area is 253 Å². The predicted octanol–water partition coefficient (Wildman–Crippen LogP) is 5.75. The Morgan fingerprint density at radius 2 is 1.11 bits per heavy atom. The fourth-order valence-corrected chi connectivity index (χ4v) is 5.34. The van der Waals surface area contributed by atoms with Crippen LogP contribution in [0.15, 0.2) is 94.7 Å². The Morgan fingerprint density at radius 3 is 1.61 bits per heavy atom. The number of hydrogen-bond donors (Lipinski definition) is 4. The van der Waals surface area contributed by atoms with Gasteiger partial charge in [-0.25, -0.2) is 9.97 Å². The van der Waals surface area contributed by atoms with Gasteiger partial charge in [0.25, 0.3) is 20.2 Å². The molecule has 0 aliphatic rings. The lowest BCUT2D eigenvalue weighted by molar-refractivity contribution is 0.340. The molecule has 0 atom stereocenters. The zero-order chi connectivity index (χ0) is 31.5. The first-order valence-electron chi connectivity index (χ1n) is 13.4. The van der Waals surface area contributed by atoms with E-state index < -0.39 is 20.2 Å². The fraction of sp³-hybridized carbons (Fsp3) is 0.133. The molecule has 0 saturated carbocycles. The lowest BCUT2D eigenvalue weighted by Gasteiger charge is -2.03. The number of nitrogens with one attached hydrogen (secondary N) is 2. The van der Waals surface area contributed by atoms with Crippen LogP contribution in [-0.2, 0) is 20.2 Å². The largest absolute Gasteiger partial charge is 0.494 e. The molecule has 0 aliphatic carbocycles. The van der Waals surface area contributed by atoms with Crippen molar-refractivity contribution in [2.75, 3.05) is 13.2 Å². The Kier molecular flexibility index (Phi) is 8.69. The maximum atomic E-state index is 11.2. The molecule has 0 amide bonds. The van der Waals surface area contributed by atoms with Crippen LogP contribution in [0.25, 0.3) is 44.8 Å². The molecule has 4 N–H and O–H groups in total. The molecule has 2 heterocycles. The first-order chi connectivity index (χ1) is 20.9. The number of aromatic amines is 2. The van der Waals surface area contributed by atoms with Crippen molar-refractivity contribution in [2.24, 2.45) is 0 Å². The number of rotatable bonds is 8. The van der Waals surface area contributed by atoms with E-state index in [0.29, 0.717) is 46.9 Å². The molecule has 0 bridgehead atoms. The van der Waals surface area contributed by atoms with Crippen LogP contribution in [0.2, 0.25) is 0 Å². The molecular weight excluding hydrogens is 608 g/mol. The highest BCUT2D eigenvalue weighted by Crippen LogP contribution is 2.26. The van der Waals surface area contributed by atoms with E-state index in [1.807, 2.05) is 62.4 Å². The molecule has 0 aliphatic heterocycles. The van der Waals surface area contributed by atoms with Gasteiger partial charge in [0.2, 0.25) is 0 Å². The molecule has 228 valence electrons. The second kappa shape index (κ2) is 12.5. The van der Waals surface area contributed by atoms with Crippen LogP contribution in [0.1, 0.15) is 13.8 Å². The van der Waals surface area contributed by atoms with Crippen LogP contribution in [0.3, 0.4) is 0 Å². The van der Waals surface area contributed by atoms with E-state index in [0.717, 1.165) is 22.6 Å². The number of ether oxygens (including phenoxy) is 2. The van der Waals surface area contributed by atoms with E-state index >= 15 is 0 Å². The van der Waals surface area contributed by atoms with Gasteiger partial charge in [0.1, 0.15) is 23.1 Å². The summed E-state index contributed by atoms with van der Waals surface area (Å²) in [6.07, 6.45) is 0. The second-order valence-electron chi connectivity index (χ2n) is 9.40. The summed E-state index contributed by atoms with van der Waals surface area (Å²) in [7, 11) is -8.47. The van der Waals surface area contributed by atoms with Crippen LogP contribution in [-0.4, -0.2) is 59.1 Å². The molecule has 4 aromatic carbocycles. The van der Waals surface area contributed by atoms with E-state index in [1.165, 1.54) is 24.3 Å². The van der Waals surface area contributed by atoms with E-state index in [1.54, 1.807) is 12.1 Å². The number of fused-ring (bicyclic) bond motifs is 2. The van der Waals surface area contributed by atoms with Crippen molar-refractivity contribution in [2.45, 2.75) is 23.6 Å². The monoisotopic (exact) mass is 636 g/mol. The fourth-order valence-electron chi connectivity index (χ4n) is 4.34. The van der Waals surface area contributed by atoms with Gasteiger partial charge in [-0.15, -0.1) is 0 Å².